The SMILES string of the molecule is CC(C)C(C1CCC1)C1(C[C@H](C)N(C)C)CC1. The van der Waals surface area contributed by atoms with Crippen molar-refractivity contribution in [2.24, 2.45) is 23.2 Å². The molecule has 0 saturated heterocycles. The molecule has 1 heteroatoms. The molecule has 2 rings (SSSR count). The maximum Gasteiger partial charge on any atom is 0.00662 e. The summed E-state index contributed by atoms with van der Waals surface area (Å²) in [4.78, 5) is 2.40. The molecule has 2 aliphatic carbocycles. The van der Waals surface area contributed by atoms with Crippen LogP contribution in [-0.4, -0.2) is 25.0 Å². The van der Waals surface area contributed by atoms with Gasteiger partial charge < -0.3 is 4.90 Å². The molecule has 0 aromatic carbocycles. The van der Waals surface area contributed by atoms with Crippen LogP contribution in [0, 0.1) is 23.2 Å². The van der Waals surface area contributed by atoms with Gasteiger partial charge in [-0.05, 0) is 63.5 Å². The molecule has 2 fully saturated rings. The summed E-state index contributed by atoms with van der Waals surface area (Å²) < 4.78 is 0. The number of hydrogen-bond donors (Lipinski definition) is 0. The van der Waals surface area contributed by atoms with Crippen molar-refractivity contribution >= 4 is 0 Å². The Bertz CT molecular complexity index is 248. The normalized spacial score (nSPS) is 27.0. The van der Waals surface area contributed by atoms with Crippen LogP contribution in [0.15, 0.2) is 0 Å². The van der Waals surface area contributed by atoms with Gasteiger partial charge in [0, 0.05) is 6.04 Å². The first-order valence-electron chi connectivity index (χ1n) is 7.63. The highest BCUT2D eigenvalue weighted by molar-refractivity contribution is 5.04. The topological polar surface area (TPSA) is 3.24 Å². The molecule has 0 spiro atoms. The van der Waals surface area contributed by atoms with E-state index >= 15 is 0 Å². The second-order valence-electron chi connectivity index (χ2n) is 7.34. The van der Waals surface area contributed by atoms with Crippen LogP contribution in [0.5, 0.6) is 0 Å². The standard InChI is InChI=1S/C16H31N/c1-12(2)15(14-7-6-8-14)16(9-10-16)11-13(3)17(4)5/h12-15H,6-11H2,1-5H3/t13-,15?/m0/s1. The summed E-state index contributed by atoms with van der Waals surface area (Å²) in [7, 11) is 4.46. The first kappa shape index (κ1) is 13.4. The average molecular weight is 237 g/mol. The van der Waals surface area contributed by atoms with Gasteiger partial charge >= 0.3 is 0 Å². The van der Waals surface area contributed by atoms with Crippen molar-refractivity contribution in [1.29, 1.82) is 0 Å². The Morgan fingerprint density at radius 3 is 2.00 bits per heavy atom. The fourth-order valence-electron chi connectivity index (χ4n) is 4.16. The second kappa shape index (κ2) is 4.91. The highest BCUT2D eigenvalue weighted by atomic mass is 15.1. The van der Waals surface area contributed by atoms with Gasteiger partial charge in [-0.1, -0.05) is 33.1 Å². The first-order chi connectivity index (χ1) is 7.96. The maximum absolute atomic E-state index is 2.46. The molecular weight excluding hydrogens is 206 g/mol. The van der Waals surface area contributed by atoms with Crippen LogP contribution in [-0.2, 0) is 0 Å². The lowest BCUT2D eigenvalue weighted by Crippen LogP contribution is -2.37. The molecule has 2 aliphatic rings. The van der Waals surface area contributed by atoms with Crippen LogP contribution in [0.4, 0.5) is 0 Å². The quantitative estimate of drug-likeness (QED) is 0.670. The zero-order valence-corrected chi connectivity index (χ0v) is 12.5. The Kier molecular flexibility index (Phi) is 3.87. The minimum Gasteiger partial charge on any atom is -0.307 e. The minimum atomic E-state index is 0.725. The summed E-state index contributed by atoms with van der Waals surface area (Å²) >= 11 is 0. The Morgan fingerprint density at radius 1 is 1.12 bits per heavy atom. The van der Waals surface area contributed by atoms with Gasteiger partial charge in [-0.25, -0.2) is 0 Å². The molecule has 0 bridgehead atoms. The van der Waals surface area contributed by atoms with E-state index in [0.717, 1.165) is 29.2 Å². The van der Waals surface area contributed by atoms with E-state index in [0.29, 0.717) is 0 Å². The third-order valence-corrected chi connectivity index (χ3v) is 5.56. The highest BCUT2D eigenvalue weighted by Gasteiger charge is 2.53. The predicted molar refractivity (Wildman–Crippen MR) is 75.1 cm³/mol. The van der Waals surface area contributed by atoms with Crippen molar-refractivity contribution in [3.8, 4) is 0 Å². The third kappa shape index (κ3) is 2.70. The van der Waals surface area contributed by atoms with E-state index in [1.165, 1.54) is 38.5 Å². The Balaban J connectivity index is 2.01. The van der Waals surface area contributed by atoms with Crippen molar-refractivity contribution in [1.82, 2.24) is 4.90 Å². The van der Waals surface area contributed by atoms with E-state index in [9.17, 15) is 0 Å². The number of rotatable bonds is 6. The molecule has 0 radical (unpaired) electrons. The van der Waals surface area contributed by atoms with Crippen LogP contribution < -0.4 is 0 Å². The van der Waals surface area contributed by atoms with Crippen molar-refractivity contribution < 1.29 is 0 Å². The second-order valence-corrected chi connectivity index (χ2v) is 7.34. The molecule has 100 valence electrons. The van der Waals surface area contributed by atoms with Gasteiger partial charge in [0.05, 0.1) is 0 Å². The van der Waals surface area contributed by atoms with Gasteiger partial charge in [0.15, 0.2) is 0 Å². The lowest BCUT2D eigenvalue weighted by molar-refractivity contribution is 0.0650. The molecular formula is C16H31N. The monoisotopic (exact) mass is 237 g/mol. The Hall–Kier alpha value is -0.0400. The molecule has 1 unspecified atom stereocenters. The summed E-state index contributed by atoms with van der Waals surface area (Å²) in [6.45, 7) is 7.32. The molecule has 0 heterocycles. The fraction of sp³-hybridized carbons (Fsp3) is 1.00. The summed E-state index contributed by atoms with van der Waals surface area (Å²) in [5, 5.41) is 0. The maximum atomic E-state index is 2.46. The molecule has 0 aliphatic heterocycles. The smallest absolute Gasteiger partial charge is 0.00662 e. The predicted octanol–water partition coefficient (Wildman–Crippen LogP) is 4.18. The van der Waals surface area contributed by atoms with Gasteiger partial charge in [0.2, 0.25) is 0 Å². The van der Waals surface area contributed by atoms with Crippen molar-refractivity contribution in [2.75, 3.05) is 14.1 Å². The molecule has 17 heavy (non-hydrogen) atoms. The number of nitrogens with zero attached hydrogens (tertiary/aromatic N) is 1. The van der Waals surface area contributed by atoms with Gasteiger partial charge in [-0.2, -0.15) is 0 Å². The van der Waals surface area contributed by atoms with Crippen molar-refractivity contribution in [3.63, 3.8) is 0 Å². The van der Waals surface area contributed by atoms with Crippen LogP contribution in [0.1, 0.15) is 59.3 Å². The fourth-order valence-corrected chi connectivity index (χ4v) is 4.16. The number of hydrogen-bond acceptors (Lipinski definition) is 1. The summed E-state index contributed by atoms with van der Waals surface area (Å²) in [5.41, 5.74) is 0.725. The van der Waals surface area contributed by atoms with E-state index < -0.39 is 0 Å². The van der Waals surface area contributed by atoms with Crippen LogP contribution >= 0.6 is 0 Å². The zero-order chi connectivity index (χ0) is 12.6. The van der Waals surface area contributed by atoms with Crippen LogP contribution in [0.2, 0.25) is 0 Å². The van der Waals surface area contributed by atoms with Crippen molar-refractivity contribution in [2.45, 2.75) is 65.3 Å². The molecule has 0 aromatic heterocycles. The third-order valence-electron chi connectivity index (χ3n) is 5.56. The molecule has 0 amide bonds. The average Bonchev–Trinajstić information content (AvgIpc) is 2.91. The van der Waals surface area contributed by atoms with Crippen molar-refractivity contribution in [3.05, 3.63) is 0 Å². The lowest BCUT2D eigenvalue weighted by atomic mass is 9.63. The summed E-state index contributed by atoms with van der Waals surface area (Å²) in [6.07, 6.45) is 8.96. The Morgan fingerprint density at radius 2 is 1.71 bits per heavy atom. The summed E-state index contributed by atoms with van der Waals surface area (Å²) in [6, 6.07) is 0.749. The van der Waals surface area contributed by atoms with E-state index in [1.807, 2.05) is 0 Å². The first-order valence-corrected chi connectivity index (χ1v) is 7.63. The van der Waals surface area contributed by atoms with E-state index in [-0.39, 0.29) is 0 Å². The zero-order valence-electron chi connectivity index (χ0n) is 12.5. The van der Waals surface area contributed by atoms with Gasteiger partial charge in [0.1, 0.15) is 0 Å². The molecule has 1 nitrogen and oxygen atoms in total. The summed E-state index contributed by atoms with van der Waals surface area (Å²) in [5.74, 6) is 2.96. The highest BCUT2D eigenvalue weighted by Crippen LogP contribution is 2.62. The minimum absolute atomic E-state index is 0.725. The molecule has 2 saturated carbocycles. The van der Waals surface area contributed by atoms with Gasteiger partial charge in [0.25, 0.3) is 0 Å². The van der Waals surface area contributed by atoms with Crippen LogP contribution in [0.3, 0.4) is 0 Å². The van der Waals surface area contributed by atoms with E-state index in [4.69, 9.17) is 0 Å². The molecule has 0 aromatic rings. The van der Waals surface area contributed by atoms with Crippen LogP contribution in [0.25, 0.3) is 0 Å². The van der Waals surface area contributed by atoms with Gasteiger partial charge in [-0.3, -0.25) is 0 Å². The lowest BCUT2D eigenvalue weighted by Gasteiger charge is -2.43. The molecule has 2 atom stereocenters. The largest absolute Gasteiger partial charge is 0.307 e. The Labute approximate surface area is 108 Å². The van der Waals surface area contributed by atoms with Gasteiger partial charge in [-0.15, -0.1) is 0 Å². The van der Waals surface area contributed by atoms with E-state index in [2.05, 4.69) is 39.8 Å². The molecule has 0 N–H and O–H groups in total. The van der Waals surface area contributed by atoms with E-state index in [1.54, 1.807) is 0 Å².